The van der Waals surface area contributed by atoms with Crippen LogP contribution in [-0.2, 0) is 17.9 Å². The van der Waals surface area contributed by atoms with Gasteiger partial charge in [0.2, 0.25) is 5.91 Å². The molecule has 8 heteroatoms. The van der Waals surface area contributed by atoms with Crippen molar-refractivity contribution in [2.45, 2.75) is 43.9 Å². The Hall–Kier alpha value is -4.53. The fraction of sp³-hybridized carbons (Fsp3) is 0.359. The number of carbonyl (C=O) groups is 1. The maximum atomic E-state index is 14.1. The molecule has 8 nitrogen and oxygen atoms in total. The maximum absolute atomic E-state index is 14.1. The first kappa shape index (κ1) is 31.1. The minimum Gasteiger partial charge on any atom is -0.388 e. The number of pyridine rings is 1. The summed E-state index contributed by atoms with van der Waals surface area (Å²) in [5, 5.41) is 16.7. The molecule has 3 aromatic carbocycles. The summed E-state index contributed by atoms with van der Waals surface area (Å²) in [6, 6.07) is 35.3. The lowest BCUT2D eigenvalue weighted by molar-refractivity contribution is -0.142. The minimum absolute atomic E-state index is 0.0582. The highest BCUT2D eigenvalue weighted by Crippen LogP contribution is 2.36. The number of rotatable bonds is 9. The van der Waals surface area contributed by atoms with Crippen LogP contribution in [0.25, 0.3) is 6.20 Å². The number of anilines is 1. The van der Waals surface area contributed by atoms with E-state index >= 15 is 0 Å². The Kier molecular flexibility index (Phi) is 9.31. The van der Waals surface area contributed by atoms with E-state index in [1.54, 1.807) is 0 Å². The van der Waals surface area contributed by atoms with Crippen molar-refractivity contribution < 1.29 is 9.90 Å². The number of carbonyl (C=O) groups excluding carboxylic acids is 1. The highest BCUT2D eigenvalue weighted by molar-refractivity contribution is 5.80. The van der Waals surface area contributed by atoms with Crippen LogP contribution in [0.15, 0.2) is 108 Å². The van der Waals surface area contributed by atoms with Gasteiger partial charge in [-0.1, -0.05) is 91.0 Å². The molecule has 2 fully saturated rings. The first-order valence-electron chi connectivity index (χ1n) is 16.9. The third kappa shape index (κ3) is 7.56. The molecule has 1 amide bonds. The highest BCUT2D eigenvalue weighted by atomic mass is 16.3. The number of benzene rings is 3. The molecule has 2 atom stereocenters. The Balaban J connectivity index is 0.973. The van der Waals surface area contributed by atoms with Crippen molar-refractivity contribution in [3.05, 3.63) is 131 Å². The lowest BCUT2D eigenvalue weighted by Gasteiger charge is -2.44. The number of fused-ring (bicyclic) bond motifs is 1. The van der Waals surface area contributed by atoms with Gasteiger partial charge in [0.05, 0.1) is 11.0 Å². The van der Waals surface area contributed by atoms with Crippen molar-refractivity contribution in [1.29, 1.82) is 0 Å². The molecule has 0 bridgehead atoms. The van der Waals surface area contributed by atoms with Gasteiger partial charge in [-0.25, -0.2) is 4.98 Å². The molecule has 0 spiro atoms. The van der Waals surface area contributed by atoms with E-state index in [-0.39, 0.29) is 17.7 Å². The second-order valence-corrected chi connectivity index (χ2v) is 13.3. The summed E-state index contributed by atoms with van der Waals surface area (Å²) in [5.41, 5.74) is 2.84. The lowest BCUT2D eigenvalue weighted by Crippen LogP contribution is -2.54. The zero-order valence-electron chi connectivity index (χ0n) is 26.9. The number of β-amino-alcohol motifs (C(OH)–C–C–N with tert-alkyl or cyclic N) is 1. The normalized spacial score (nSPS) is 20.9. The molecular formula is C39H44N6O2. The standard InChI is InChI=1S/C39H44N6O2/c46-38(33-18-21-43(25-31-12-6-2-7-13-31)26-34(33)32-14-8-3-9-15-32)45-22-19-39(47,20-23-45)28-44-27-36-35(41-29-44)16-17-37(42-36)40-24-30-10-4-1-5-11-30/h1-17,27,33-34,47H,18-26,28-29H2,(H,40,42)/t33-,34+/m1/s1. The Morgan fingerprint density at radius 2 is 1.53 bits per heavy atom. The van der Waals surface area contributed by atoms with E-state index in [0.717, 1.165) is 42.6 Å². The second-order valence-electron chi connectivity index (χ2n) is 13.3. The number of hydrogen-bond donors (Lipinski definition) is 2. The Morgan fingerprint density at radius 1 is 0.851 bits per heavy atom. The fourth-order valence-electron chi connectivity index (χ4n) is 7.31. The molecule has 0 radical (unpaired) electrons. The molecule has 0 unspecified atom stereocenters. The van der Waals surface area contributed by atoms with E-state index in [9.17, 15) is 9.90 Å². The van der Waals surface area contributed by atoms with Crippen LogP contribution in [0.1, 0.15) is 41.9 Å². The van der Waals surface area contributed by atoms with Gasteiger partial charge in [-0.2, -0.15) is 0 Å². The van der Waals surface area contributed by atoms with Crippen LogP contribution >= 0.6 is 0 Å². The van der Waals surface area contributed by atoms with Crippen LogP contribution in [0.4, 0.5) is 5.82 Å². The quantitative estimate of drug-likeness (QED) is 0.292. The lowest BCUT2D eigenvalue weighted by atomic mass is 9.79. The third-order valence-electron chi connectivity index (χ3n) is 9.94. The van der Waals surface area contributed by atoms with Crippen molar-refractivity contribution in [3.63, 3.8) is 0 Å². The predicted molar refractivity (Wildman–Crippen MR) is 185 cm³/mol. The highest BCUT2D eigenvalue weighted by Gasteiger charge is 2.41. The molecule has 2 saturated heterocycles. The van der Waals surface area contributed by atoms with E-state index in [4.69, 9.17) is 9.98 Å². The van der Waals surface area contributed by atoms with Gasteiger partial charge >= 0.3 is 0 Å². The van der Waals surface area contributed by atoms with Crippen molar-refractivity contribution in [2.24, 2.45) is 10.9 Å². The number of aliphatic hydroxyl groups is 1. The van der Waals surface area contributed by atoms with Crippen molar-refractivity contribution in [2.75, 3.05) is 44.7 Å². The molecule has 2 N–H and O–H groups in total. The predicted octanol–water partition coefficient (Wildman–Crippen LogP) is 3.98. The molecule has 47 heavy (non-hydrogen) atoms. The summed E-state index contributed by atoms with van der Waals surface area (Å²) in [4.78, 5) is 30.2. The number of hydrogen-bond acceptors (Lipinski definition) is 7. The van der Waals surface area contributed by atoms with E-state index < -0.39 is 5.60 Å². The molecule has 0 saturated carbocycles. The number of nitrogens with zero attached hydrogens (tertiary/aromatic N) is 5. The Bertz CT molecular complexity index is 1760. The summed E-state index contributed by atoms with van der Waals surface area (Å²) in [6.45, 7) is 5.43. The van der Waals surface area contributed by atoms with Crippen LogP contribution in [0.2, 0.25) is 0 Å². The monoisotopic (exact) mass is 628 g/mol. The molecule has 4 aromatic rings. The van der Waals surface area contributed by atoms with Crippen LogP contribution in [0, 0.1) is 5.92 Å². The first-order valence-corrected chi connectivity index (χ1v) is 16.9. The zero-order chi connectivity index (χ0) is 32.1. The van der Waals surface area contributed by atoms with E-state index in [1.807, 2.05) is 47.5 Å². The SMILES string of the molecule is O=C([C@@H]1CCN(Cc2ccccc2)C[C@H]1c1ccccc1)N1CCC(O)(CN2C=c3nc(NCc4ccccc4)ccc3=NC2)CC1. The van der Waals surface area contributed by atoms with Crippen LogP contribution < -0.4 is 16.0 Å². The number of amides is 1. The van der Waals surface area contributed by atoms with Gasteiger partial charge in [0.15, 0.2) is 0 Å². The zero-order valence-corrected chi connectivity index (χ0v) is 26.9. The molecule has 3 aliphatic rings. The summed E-state index contributed by atoms with van der Waals surface area (Å²) >= 11 is 0. The van der Waals surface area contributed by atoms with Gasteiger partial charge < -0.3 is 20.2 Å². The molecular weight excluding hydrogens is 584 g/mol. The average molecular weight is 629 g/mol. The summed E-state index contributed by atoms with van der Waals surface area (Å²) in [6.07, 6.45) is 3.94. The molecule has 242 valence electrons. The maximum Gasteiger partial charge on any atom is 0.226 e. The molecule has 0 aliphatic carbocycles. The van der Waals surface area contributed by atoms with E-state index in [1.165, 1.54) is 16.7 Å². The van der Waals surface area contributed by atoms with E-state index in [2.05, 4.69) is 81.8 Å². The second kappa shape index (κ2) is 14.1. The topological polar surface area (TPSA) is 84.3 Å². The van der Waals surface area contributed by atoms with Gasteiger partial charge in [0, 0.05) is 57.3 Å². The minimum atomic E-state index is -0.888. The fourth-order valence-corrected chi connectivity index (χ4v) is 7.31. The third-order valence-corrected chi connectivity index (χ3v) is 9.94. The average Bonchev–Trinajstić information content (AvgIpc) is 3.12. The number of nitrogens with one attached hydrogen (secondary N) is 1. The molecule has 1 aromatic heterocycles. The summed E-state index contributed by atoms with van der Waals surface area (Å²) < 4.78 is 0. The molecule has 3 aliphatic heterocycles. The Labute approximate surface area is 277 Å². The van der Waals surface area contributed by atoms with Crippen molar-refractivity contribution >= 4 is 17.9 Å². The van der Waals surface area contributed by atoms with Crippen LogP contribution in [0.5, 0.6) is 0 Å². The van der Waals surface area contributed by atoms with Crippen molar-refractivity contribution in [1.82, 2.24) is 19.7 Å². The van der Waals surface area contributed by atoms with Gasteiger partial charge in [0.25, 0.3) is 0 Å². The smallest absolute Gasteiger partial charge is 0.226 e. The molecule has 4 heterocycles. The number of likely N-dealkylation sites (tertiary alicyclic amines) is 2. The van der Waals surface area contributed by atoms with Gasteiger partial charge in [-0.3, -0.25) is 14.7 Å². The van der Waals surface area contributed by atoms with Crippen molar-refractivity contribution in [3.8, 4) is 0 Å². The first-order chi connectivity index (χ1) is 23.0. The van der Waals surface area contributed by atoms with Gasteiger partial charge in [-0.15, -0.1) is 0 Å². The van der Waals surface area contributed by atoms with Gasteiger partial charge in [-0.05, 0) is 54.6 Å². The van der Waals surface area contributed by atoms with Crippen LogP contribution in [-0.4, -0.2) is 75.7 Å². The summed E-state index contributed by atoms with van der Waals surface area (Å²) in [7, 11) is 0. The molecule has 7 rings (SSSR count). The summed E-state index contributed by atoms with van der Waals surface area (Å²) in [5.74, 6) is 1.11. The van der Waals surface area contributed by atoms with Gasteiger partial charge in [0.1, 0.15) is 17.8 Å². The Morgan fingerprint density at radius 3 is 2.26 bits per heavy atom. The number of piperidine rings is 2. The largest absolute Gasteiger partial charge is 0.388 e. The van der Waals surface area contributed by atoms with E-state index in [0.29, 0.717) is 45.7 Å². The van der Waals surface area contributed by atoms with Crippen LogP contribution in [0.3, 0.4) is 0 Å². The number of aromatic nitrogens is 1.